The summed E-state index contributed by atoms with van der Waals surface area (Å²) < 4.78 is 2.09. The van der Waals surface area contributed by atoms with Crippen molar-refractivity contribution in [3.63, 3.8) is 0 Å². The van der Waals surface area contributed by atoms with Gasteiger partial charge >= 0.3 is 0 Å². The van der Waals surface area contributed by atoms with Crippen molar-refractivity contribution in [1.82, 2.24) is 9.88 Å². The predicted octanol–water partition coefficient (Wildman–Crippen LogP) is -0.297. The molecule has 5 nitrogen and oxygen atoms in total. The number of aryl methyl sites for hydroxylation is 1. The molecule has 98 valence electrons. The number of aliphatic hydroxyl groups excluding tert-OH is 3. The first-order valence-electron chi connectivity index (χ1n) is 5.92. The van der Waals surface area contributed by atoms with E-state index in [2.05, 4.69) is 16.8 Å². The van der Waals surface area contributed by atoms with Crippen molar-refractivity contribution in [1.29, 1.82) is 0 Å². The van der Waals surface area contributed by atoms with E-state index in [4.69, 9.17) is 15.3 Å². The normalized spacial score (nSPS) is 12.0. The van der Waals surface area contributed by atoms with Gasteiger partial charge in [-0.05, 0) is 18.1 Å². The van der Waals surface area contributed by atoms with Crippen LogP contribution in [0.4, 0.5) is 0 Å². The van der Waals surface area contributed by atoms with Crippen LogP contribution in [0.3, 0.4) is 0 Å². The number of hydrogen-bond acceptors (Lipinski definition) is 4. The van der Waals surface area contributed by atoms with Gasteiger partial charge in [0.25, 0.3) is 0 Å². The van der Waals surface area contributed by atoms with Crippen molar-refractivity contribution in [2.24, 2.45) is 0 Å². The Hall–Kier alpha value is -0.880. The molecule has 4 N–H and O–H groups in total. The Morgan fingerprint density at radius 3 is 2.41 bits per heavy atom. The minimum atomic E-state index is -1.01. The first-order valence-corrected chi connectivity index (χ1v) is 5.92. The lowest BCUT2D eigenvalue weighted by molar-refractivity contribution is 0.0414. The highest BCUT2D eigenvalue weighted by Crippen LogP contribution is 2.07. The van der Waals surface area contributed by atoms with Gasteiger partial charge in [0.1, 0.15) is 0 Å². The monoisotopic (exact) mass is 242 g/mol. The molecule has 1 heterocycles. The molecule has 5 heteroatoms. The summed E-state index contributed by atoms with van der Waals surface area (Å²) in [6.07, 6.45) is 5.10. The number of hydrogen-bond donors (Lipinski definition) is 4. The Kier molecular flexibility index (Phi) is 5.64. The van der Waals surface area contributed by atoms with Crippen LogP contribution in [0, 0.1) is 0 Å². The molecule has 0 amide bonds. The van der Waals surface area contributed by atoms with Crippen molar-refractivity contribution in [3.8, 4) is 0 Å². The summed E-state index contributed by atoms with van der Waals surface area (Å²) in [6, 6.07) is 1.99. The summed E-state index contributed by atoms with van der Waals surface area (Å²) in [4.78, 5) is 0. The van der Waals surface area contributed by atoms with E-state index in [9.17, 15) is 0 Å². The van der Waals surface area contributed by atoms with Gasteiger partial charge in [-0.3, -0.25) is 0 Å². The van der Waals surface area contributed by atoms with Crippen LogP contribution in [0.2, 0.25) is 0 Å². The zero-order chi connectivity index (χ0) is 12.7. The molecule has 0 spiro atoms. The van der Waals surface area contributed by atoms with Gasteiger partial charge in [0, 0.05) is 25.5 Å². The van der Waals surface area contributed by atoms with Crippen LogP contribution in [-0.2, 0) is 13.1 Å². The number of rotatable bonds is 8. The average molecular weight is 242 g/mol. The van der Waals surface area contributed by atoms with Gasteiger partial charge in [0.05, 0.1) is 25.4 Å². The summed E-state index contributed by atoms with van der Waals surface area (Å²) in [5.41, 5.74) is 0.0607. The van der Waals surface area contributed by atoms with Crippen LogP contribution in [0.5, 0.6) is 0 Å². The highest BCUT2D eigenvalue weighted by Gasteiger charge is 2.26. The van der Waals surface area contributed by atoms with E-state index in [-0.39, 0.29) is 19.8 Å². The van der Waals surface area contributed by atoms with Crippen molar-refractivity contribution in [2.75, 3.05) is 19.8 Å². The van der Waals surface area contributed by atoms with Crippen LogP contribution in [0.15, 0.2) is 18.5 Å². The van der Waals surface area contributed by atoms with Crippen LogP contribution < -0.4 is 5.32 Å². The van der Waals surface area contributed by atoms with E-state index in [0.717, 1.165) is 18.5 Å². The first kappa shape index (κ1) is 14.2. The molecule has 1 aromatic heterocycles. The number of nitrogens with one attached hydrogen (secondary N) is 1. The second-order valence-corrected chi connectivity index (χ2v) is 4.37. The molecule has 0 atom stereocenters. The van der Waals surface area contributed by atoms with Crippen LogP contribution in [-0.4, -0.2) is 45.2 Å². The lowest BCUT2D eigenvalue weighted by atomic mass is 10.0. The van der Waals surface area contributed by atoms with Gasteiger partial charge in [-0.25, -0.2) is 0 Å². The molecule has 0 aromatic carbocycles. The van der Waals surface area contributed by atoms with Crippen LogP contribution in [0.1, 0.15) is 18.9 Å². The molecule has 0 fully saturated rings. The van der Waals surface area contributed by atoms with Crippen LogP contribution in [0.25, 0.3) is 0 Å². The Bertz CT molecular complexity index is 313. The zero-order valence-corrected chi connectivity index (χ0v) is 10.3. The fraction of sp³-hybridized carbons (Fsp3) is 0.667. The Morgan fingerprint density at radius 1 is 1.24 bits per heavy atom. The quantitative estimate of drug-likeness (QED) is 0.505. The Labute approximate surface area is 102 Å². The van der Waals surface area contributed by atoms with Gasteiger partial charge in [0.15, 0.2) is 0 Å². The number of aliphatic hydroxyl groups is 3. The second-order valence-electron chi connectivity index (χ2n) is 4.37. The molecule has 1 aromatic rings. The molecule has 17 heavy (non-hydrogen) atoms. The first-order chi connectivity index (χ1) is 8.19. The zero-order valence-electron chi connectivity index (χ0n) is 10.3. The summed E-state index contributed by atoms with van der Waals surface area (Å²) in [7, 11) is 0. The van der Waals surface area contributed by atoms with E-state index in [1.165, 1.54) is 0 Å². The molecule has 0 aliphatic heterocycles. The summed E-state index contributed by atoms with van der Waals surface area (Å²) >= 11 is 0. The highest BCUT2D eigenvalue weighted by atomic mass is 16.3. The molecule has 0 unspecified atom stereocenters. The molecule has 0 bridgehead atoms. The van der Waals surface area contributed by atoms with Crippen molar-refractivity contribution in [3.05, 3.63) is 24.0 Å². The third-order valence-corrected chi connectivity index (χ3v) is 2.87. The highest BCUT2D eigenvalue weighted by molar-refractivity contribution is 5.10. The Balaban J connectivity index is 2.53. The second kappa shape index (κ2) is 6.76. The topological polar surface area (TPSA) is 77.7 Å². The molecular weight excluding hydrogens is 220 g/mol. The molecule has 0 saturated carbocycles. The van der Waals surface area contributed by atoms with E-state index in [1.807, 2.05) is 18.5 Å². The summed E-state index contributed by atoms with van der Waals surface area (Å²) in [5.74, 6) is 0. The molecule has 0 saturated heterocycles. The predicted molar refractivity (Wildman–Crippen MR) is 65.6 cm³/mol. The van der Waals surface area contributed by atoms with Crippen molar-refractivity contribution in [2.45, 2.75) is 32.0 Å². The standard InChI is InChI=1S/C12H22N2O3/c1-2-4-14-5-3-11(7-14)6-13-12(8-15,9-16)10-17/h3,5,7,13,15-17H,2,4,6,8-10H2,1H3. The molecule has 0 aliphatic carbocycles. The molecule has 0 radical (unpaired) electrons. The van der Waals surface area contributed by atoms with E-state index < -0.39 is 5.54 Å². The maximum atomic E-state index is 9.16. The SMILES string of the molecule is CCCn1ccc(CNC(CO)(CO)CO)c1. The average Bonchev–Trinajstić information content (AvgIpc) is 2.80. The van der Waals surface area contributed by atoms with E-state index in [0.29, 0.717) is 6.54 Å². The largest absolute Gasteiger partial charge is 0.394 e. The third-order valence-electron chi connectivity index (χ3n) is 2.87. The van der Waals surface area contributed by atoms with E-state index in [1.54, 1.807) is 0 Å². The number of nitrogens with zero attached hydrogens (tertiary/aromatic N) is 1. The van der Waals surface area contributed by atoms with Gasteiger partial charge in [-0.15, -0.1) is 0 Å². The van der Waals surface area contributed by atoms with Gasteiger partial charge in [-0.1, -0.05) is 6.92 Å². The lowest BCUT2D eigenvalue weighted by Crippen LogP contribution is -2.54. The van der Waals surface area contributed by atoms with E-state index >= 15 is 0 Å². The molecular formula is C12H22N2O3. The summed E-state index contributed by atoms with van der Waals surface area (Å²) in [6.45, 7) is 2.72. The van der Waals surface area contributed by atoms with Gasteiger partial charge in [-0.2, -0.15) is 0 Å². The van der Waals surface area contributed by atoms with Gasteiger partial charge in [0.2, 0.25) is 0 Å². The molecule has 0 aliphatic rings. The third kappa shape index (κ3) is 3.81. The fourth-order valence-corrected chi connectivity index (χ4v) is 1.60. The van der Waals surface area contributed by atoms with Crippen LogP contribution >= 0.6 is 0 Å². The maximum Gasteiger partial charge on any atom is 0.0884 e. The van der Waals surface area contributed by atoms with Crippen molar-refractivity contribution < 1.29 is 15.3 Å². The minimum absolute atomic E-state index is 0.296. The lowest BCUT2D eigenvalue weighted by Gasteiger charge is -2.28. The molecule has 1 rings (SSSR count). The fourth-order valence-electron chi connectivity index (χ4n) is 1.60. The Morgan fingerprint density at radius 2 is 1.88 bits per heavy atom. The van der Waals surface area contributed by atoms with Gasteiger partial charge < -0.3 is 25.2 Å². The number of aromatic nitrogens is 1. The summed E-state index contributed by atoms with van der Waals surface area (Å²) in [5, 5.41) is 30.5. The maximum absolute atomic E-state index is 9.16. The smallest absolute Gasteiger partial charge is 0.0884 e. The minimum Gasteiger partial charge on any atom is -0.394 e. The van der Waals surface area contributed by atoms with Crippen molar-refractivity contribution >= 4 is 0 Å².